The van der Waals surface area contributed by atoms with Crippen LogP contribution in [0, 0.1) is 6.92 Å². The van der Waals surface area contributed by atoms with Crippen molar-refractivity contribution in [3.63, 3.8) is 0 Å². The van der Waals surface area contributed by atoms with Crippen molar-refractivity contribution < 1.29 is 9.53 Å². The highest BCUT2D eigenvalue weighted by molar-refractivity contribution is 6.30. The van der Waals surface area contributed by atoms with Crippen molar-refractivity contribution in [2.75, 3.05) is 33.8 Å². The fourth-order valence-corrected chi connectivity index (χ4v) is 1.66. The number of nitrogens with one attached hydrogen (secondary N) is 1. The molecular formula is C13H19ClN2O2. The summed E-state index contributed by atoms with van der Waals surface area (Å²) >= 11 is 5.85. The topological polar surface area (TPSA) is 41.6 Å². The molecule has 18 heavy (non-hydrogen) atoms. The highest BCUT2D eigenvalue weighted by atomic mass is 35.5. The van der Waals surface area contributed by atoms with Crippen molar-refractivity contribution in [2.45, 2.75) is 6.92 Å². The lowest BCUT2D eigenvalue weighted by Gasteiger charge is -2.17. The third-order valence-electron chi connectivity index (χ3n) is 2.61. The number of hydrogen-bond acceptors (Lipinski definition) is 3. The van der Waals surface area contributed by atoms with E-state index in [1.54, 1.807) is 24.1 Å². The Morgan fingerprint density at radius 3 is 2.83 bits per heavy atom. The lowest BCUT2D eigenvalue weighted by Crippen LogP contribution is -2.35. The van der Waals surface area contributed by atoms with E-state index in [-0.39, 0.29) is 12.5 Å². The fourth-order valence-electron chi connectivity index (χ4n) is 1.43. The predicted octanol–water partition coefficient (Wildman–Crippen LogP) is 1.71. The monoisotopic (exact) mass is 270 g/mol. The number of benzene rings is 1. The average molecular weight is 271 g/mol. The molecule has 0 heterocycles. The van der Waals surface area contributed by atoms with Crippen LogP contribution < -0.4 is 10.1 Å². The smallest absolute Gasteiger partial charge is 0.260 e. The summed E-state index contributed by atoms with van der Waals surface area (Å²) in [6.07, 6.45) is 0. The van der Waals surface area contributed by atoms with Crippen LogP contribution in [0.5, 0.6) is 5.75 Å². The molecule has 1 N–H and O–H groups in total. The number of aryl methyl sites for hydroxylation is 1. The van der Waals surface area contributed by atoms with Crippen LogP contribution in [-0.2, 0) is 4.79 Å². The summed E-state index contributed by atoms with van der Waals surface area (Å²) in [6.45, 7) is 3.37. The molecule has 0 aliphatic carbocycles. The number of rotatable bonds is 6. The van der Waals surface area contributed by atoms with Gasteiger partial charge in [0, 0.05) is 25.2 Å². The van der Waals surface area contributed by atoms with E-state index in [9.17, 15) is 4.79 Å². The first-order valence-corrected chi connectivity index (χ1v) is 6.20. The van der Waals surface area contributed by atoms with E-state index < -0.39 is 0 Å². The van der Waals surface area contributed by atoms with Gasteiger partial charge in [-0.15, -0.1) is 0 Å². The van der Waals surface area contributed by atoms with Gasteiger partial charge in [-0.3, -0.25) is 4.79 Å². The van der Waals surface area contributed by atoms with Crippen molar-refractivity contribution in [1.29, 1.82) is 0 Å². The van der Waals surface area contributed by atoms with E-state index >= 15 is 0 Å². The zero-order chi connectivity index (χ0) is 13.5. The Morgan fingerprint density at radius 1 is 1.50 bits per heavy atom. The molecule has 0 aliphatic heterocycles. The molecule has 1 aromatic carbocycles. The molecule has 1 rings (SSSR count). The molecule has 4 nitrogen and oxygen atoms in total. The Labute approximate surface area is 113 Å². The molecule has 1 aromatic rings. The highest BCUT2D eigenvalue weighted by Gasteiger charge is 2.09. The summed E-state index contributed by atoms with van der Waals surface area (Å²) in [5.41, 5.74) is 0.924. The van der Waals surface area contributed by atoms with Crippen LogP contribution >= 0.6 is 11.6 Å². The van der Waals surface area contributed by atoms with E-state index in [4.69, 9.17) is 16.3 Å². The summed E-state index contributed by atoms with van der Waals surface area (Å²) in [7, 11) is 3.61. The van der Waals surface area contributed by atoms with Crippen LogP contribution in [0.2, 0.25) is 5.02 Å². The van der Waals surface area contributed by atoms with Gasteiger partial charge in [0.15, 0.2) is 6.61 Å². The van der Waals surface area contributed by atoms with E-state index in [2.05, 4.69) is 5.32 Å². The van der Waals surface area contributed by atoms with E-state index in [1.807, 2.05) is 20.0 Å². The number of ether oxygens (including phenoxy) is 1. The molecule has 0 aromatic heterocycles. The largest absolute Gasteiger partial charge is 0.483 e. The Morgan fingerprint density at radius 2 is 2.22 bits per heavy atom. The zero-order valence-corrected chi connectivity index (χ0v) is 11.8. The average Bonchev–Trinajstić information content (AvgIpc) is 2.34. The molecule has 0 spiro atoms. The van der Waals surface area contributed by atoms with Crippen molar-refractivity contribution in [1.82, 2.24) is 10.2 Å². The second kappa shape index (κ2) is 7.24. The first-order chi connectivity index (χ1) is 8.54. The highest BCUT2D eigenvalue weighted by Crippen LogP contribution is 2.21. The lowest BCUT2D eigenvalue weighted by molar-refractivity contribution is -0.132. The standard InChI is InChI=1S/C13H19ClN2O2/c1-10-8-11(14)4-5-12(10)18-9-13(17)16(3)7-6-15-2/h4-5,8,15H,6-7,9H2,1-3H3. The summed E-state index contributed by atoms with van der Waals surface area (Å²) < 4.78 is 5.48. The Balaban J connectivity index is 2.47. The number of hydrogen-bond donors (Lipinski definition) is 1. The number of halogens is 1. The van der Waals surface area contributed by atoms with Gasteiger partial charge in [0.1, 0.15) is 5.75 Å². The van der Waals surface area contributed by atoms with Crippen LogP contribution in [0.15, 0.2) is 18.2 Å². The first kappa shape index (κ1) is 14.8. The molecule has 0 unspecified atom stereocenters. The quantitative estimate of drug-likeness (QED) is 0.856. The minimum absolute atomic E-state index is 0.0420. The van der Waals surface area contributed by atoms with Crippen LogP contribution in [-0.4, -0.2) is 44.6 Å². The maximum Gasteiger partial charge on any atom is 0.260 e. The number of carbonyl (C=O) groups is 1. The summed E-state index contributed by atoms with van der Waals surface area (Å²) in [6, 6.07) is 5.34. The Hall–Kier alpha value is -1.26. The molecule has 100 valence electrons. The fraction of sp³-hybridized carbons (Fsp3) is 0.462. The lowest BCUT2D eigenvalue weighted by atomic mass is 10.2. The minimum atomic E-state index is -0.0420. The second-order valence-corrected chi connectivity index (χ2v) is 4.55. The van der Waals surface area contributed by atoms with Crippen molar-refractivity contribution in [2.24, 2.45) is 0 Å². The zero-order valence-electron chi connectivity index (χ0n) is 11.0. The summed E-state index contributed by atoms with van der Waals surface area (Å²) in [5.74, 6) is 0.648. The van der Waals surface area contributed by atoms with Crippen LogP contribution in [0.1, 0.15) is 5.56 Å². The van der Waals surface area contributed by atoms with Crippen LogP contribution in [0.25, 0.3) is 0 Å². The van der Waals surface area contributed by atoms with Gasteiger partial charge < -0.3 is 15.0 Å². The van der Waals surface area contributed by atoms with Crippen molar-refractivity contribution in [3.8, 4) is 5.75 Å². The van der Waals surface area contributed by atoms with Gasteiger partial charge in [0.2, 0.25) is 0 Å². The first-order valence-electron chi connectivity index (χ1n) is 5.82. The third-order valence-corrected chi connectivity index (χ3v) is 2.85. The van der Waals surface area contributed by atoms with Gasteiger partial charge in [-0.05, 0) is 37.7 Å². The van der Waals surface area contributed by atoms with Gasteiger partial charge >= 0.3 is 0 Å². The Kier molecular flexibility index (Phi) is 5.95. The molecule has 0 fully saturated rings. The molecular weight excluding hydrogens is 252 g/mol. The molecule has 0 aliphatic rings. The van der Waals surface area contributed by atoms with Gasteiger partial charge in [-0.1, -0.05) is 11.6 Å². The molecule has 0 saturated carbocycles. The summed E-state index contributed by atoms with van der Waals surface area (Å²) in [4.78, 5) is 13.4. The normalized spacial score (nSPS) is 10.2. The van der Waals surface area contributed by atoms with Crippen LogP contribution in [0.4, 0.5) is 0 Å². The molecule has 1 amide bonds. The maximum absolute atomic E-state index is 11.7. The molecule has 0 bridgehead atoms. The van der Waals surface area contributed by atoms with E-state index in [0.717, 1.165) is 12.1 Å². The van der Waals surface area contributed by atoms with Gasteiger partial charge in [-0.2, -0.15) is 0 Å². The number of likely N-dealkylation sites (N-methyl/N-ethyl adjacent to an activating group) is 2. The van der Waals surface area contributed by atoms with Gasteiger partial charge in [0.05, 0.1) is 0 Å². The SMILES string of the molecule is CNCCN(C)C(=O)COc1ccc(Cl)cc1C. The third kappa shape index (κ3) is 4.55. The van der Waals surface area contributed by atoms with Gasteiger partial charge in [0.25, 0.3) is 5.91 Å². The molecule has 0 atom stereocenters. The van der Waals surface area contributed by atoms with Crippen molar-refractivity contribution >= 4 is 17.5 Å². The van der Waals surface area contributed by atoms with Crippen molar-refractivity contribution in [3.05, 3.63) is 28.8 Å². The maximum atomic E-state index is 11.7. The predicted molar refractivity (Wildman–Crippen MR) is 73.2 cm³/mol. The summed E-state index contributed by atoms with van der Waals surface area (Å²) in [5, 5.41) is 3.66. The van der Waals surface area contributed by atoms with E-state index in [0.29, 0.717) is 17.3 Å². The molecule has 5 heteroatoms. The second-order valence-electron chi connectivity index (χ2n) is 4.12. The Bertz CT molecular complexity index is 410. The molecule has 0 saturated heterocycles. The van der Waals surface area contributed by atoms with Crippen LogP contribution in [0.3, 0.4) is 0 Å². The number of carbonyl (C=O) groups excluding carboxylic acids is 1. The van der Waals surface area contributed by atoms with Gasteiger partial charge in [-0.25, -0.2) is 0 Å². The molecule has 0 radical (unpaired) electrons. The number of nitrogens with zero attached hydrogens (tertiary/aromatic N) is 1. The number of amides is 1. The van der Waals surface area contributed by atoms with E-state index in [1.165, 1.54) is 0 Å². The minimum Gasteiger partial charge on any atom is -0.483 e.